The normalized spacial score (nSPS) is 12.3. The Balaban J connectivity index is 2.42. The van der Waals surface area contributed by atoms with Gasteiger partial charge < -0.3 is 14.4 Å². The Morgan fingerprint density at radius 1 is 0.889 bits per heavy atom. The fourth-order valence-corrected chi connectivity index (χ4v) is 3.01. The Hall–Kier alpha value is -1.61. The molecule has 2 aromatic carbocycles. The van der Waals surface area contributed by atoms with Gasteiger partial charge in [0.15, 0.2) is 0 Å². The van der Waals surface area contributed by atoms with Crippen LogP contribution in [0.4, 0.5) is 0 Å². The molecular formula is C13H12NO3P. The SMILES string of the molecule is O=P(O)(O)Cn1c2ccccc2c2ccccc21. The predicted molar refractivity (Wildman–Crippen MR) is 71.5 cm³/mol. The highest BCUT2D eigenvalue weighted by atomic mass is 31.2. The van der Waals surface area contributed by atoms with Gasteiger partial charge in [0.1, 0.15) is 6.29 Å². The summed E-state index contributed by atoms with van der Waals surface area (Å²) in [7, 11) is -4.10. The molecule has 2 N–H and O–H groups in total. The van der Waals surface area contributed by atoms with Gasteiger partial charge in [-0.3, -0.25) is 4.57 Å². The smallest absolute Gasteiger partial charge is 0.328 e. The van der Waals surface area contributed by atoms with Crippen molar-refractivity contribution >= 4 is 29.4 Å². The van der Waals surface area contributed by atoms with Crippen molar-refractivity contribution in [1.82, 2.24) is 4.57 Å². The third kappa shape index (κ3) is 1.85. The maximum atomic E-state index is 11.3. The monoisotopic (exact) mass is 261 g/mol. The number of fused-ring (bicyclic) bond motifs is 3. The Labute approximate surface area is 104 Å². The summed E-state index contributed by atoms with van der Waals surface area (Å²) in [6.45, 7) is 0. The second kappa shape index (κ2) is 3.95. The van der Waals surface area contributed by atoms with E-state index in [0.29, 0.717) is 0 Å². The third-order valence-electron chi connectivity index (χ3n) is 3.01. The lowest BCUT2D eigenvalue weighted by atomic mass is 10.2. The molecule has 0 aliphatic rings. The maximum absolute atomic E-state index is 11.3. The topological polar surface area (TPSA) is 62.5 Å². The summed E-state index contributed by atoms with van der Waals surface area (Å²) >= 11 is 0. The highest BCUT2D eigenvalue weighted by Gasteiger charge is 2.18. The first-order valence-electron chi connectivity index (χ1n) is 5.57. The predicted octanol–water partition coefficient (Wildman–Crippen LogP) is 2.93. The van der Waals surface area contributed by atoms with Gasteiger partial charge in [0, 0.05) is 21.8 Å². The summed E-state index contributed by atoms with van der Waals surface area (Å²) < 4.78 is 12.9. The second-order valence-corrected chi connectivity index (χ2v) is 5.88. The molecule has 0 aliphatic heterocycles. The minimum Gasteiger partial charge on any atom is -0.328 e. The van der Waals surface area contributed by atoms with Gasteiger partial charge in [-0.1, -0.05) is 36.4 Å². The summed E-state index contributed by atoms with van der Waals surface area (Å²) in [4.78, 5) is 18.4. The summed E-state index contributed by atoms with van der Waals surface area (Å²) in [5.41, 5.74) is 1.70. The molecule has 1 aromatic heterocycles. The van der Waals surface area contributed by atoms with Crippen molar-refractivity contribution in [1.29, 1.82) is 0 Å². The number of nitrogens with zero attached hydrogens (tertiary/aromatic N) is 1. The van der Waals surface area contributed by atoms with Crippen LogP contribution in [0.3, 0.4) is 0 Å². The number of hydrogen-bond donors (Lipinski definition) is 2. The Morgan fingerprint density at radius 3 is 1.78 bits per heavy atom. The first-order valence-corrected chi connectivity index (χ1v) is 7.36. The van der Waals surface area contributed by atoms with Crippen molar-refractivity contribution in [3.8, 4) is 0 Å². The Kier molecular flexibility index (Phi) is 2.52. The summed E-state index contributed by atoms with van der Waals surface area (Å²) in [6.07, 6.45) is -0.291. The average Bonchev–Trinajstić information content (AvgIpc) is 2.64. The molecule has 0 unspecified atom stereocenters. The average molecular weight is 261 g/mol. The molecule has 5 heteroatoms. The third-order valence-corrected chi connectivity index (χ3v) is 3.66. The molecule has 0 atom stereocenters. The van der Waals surface area contributed by atoms with Gasteiger partial charge in [-0.15, -0.1) is 0 Å². The molecule has 1 heterocycles. The van der Waals surface area contributed by atoms with E-state index in [1.54, 1.807) is 4.57 Å². The summed E-state index contributed by atoms with van der Waals surface area (Å²) in [5, 5.41) is 2.03. The number of para-hydroxylation sites is 2. The minimum atomic E-state index is -4.10. The van der Waals surface area contributed by atoms with Crippen LogP contribution < -0.4 is 0 Å². The van der Waals surface area contributed by atoms with Crippen LogP contribution in [0.1, 0.15) is 0 Å². The zero-order chi connectivity index (χ0) is 12.8. The van der Waals surface area contributed by atoms with Crippen LogP contribution >= 0.6 is 7.60 Å². The summed E-state index contributed by atoms with van der Waals surface area (Å²) in [6, 6.07) is 15.3. The van der Waals surface area contributed by atoms with Crippen LogP contribution in [0.5, 0.6) is 0 Å². The minimum absolute atomic E-state index is 0.291. The van der Waals surface area contributed by atoms with Crippen molar-refractivity contribution in [3.05, 3.63) is 48.5 Å². The van der Waals surface area contributed by atoms with Crippen molar-refractivity contribution in [3.63, 3.8) is 0 Å². The van der Waals surface area contributed by atoms with Gasteiger partial charge in [-0.2, -0.15) is 0 Å². The van der Waals surface area contributed by atoms with Crippen LogP contribution in [0.15, 0.2) is 48.5 Å². The lowest BCUT2D eigenvalue weighted by molar-refractivity contribution is 0.364. The Morgan fingerprint density at radius 2 is 1.33 bits per heavy atom. The van der Waals surface area contributed by atoms with Crippen LogP contribution in [-0.4, -0.2) is 14.4 Å². The molecule has 0 amide bonds. The molecule has 92 valence electrons. The molecular weight excluding hydrogens is 249 g/mol. The van der Waals surface area contributed by atoms with E-state index in [2.05, 4.69) is 0 Å². The van der Waals surface area contributed by atoms with Crippen molar-refractivity contribution in [2.45, 2.75) is 6.29 Å². The fourth-order valence-electron chi connectivity index (χ4n) is 2.34. The van der Waals surface area contributed by atoms with E-state index in [0.717, 1.165) is 21.8 Å². The van der Waals surface area contributed by atoms with Gasteiger partial charge in [-0.25, -0.2) is 0 Å². The van der Waals surface area contributed by atoms with Gasteiger partial charge in [0.25, 0.3) is 0 Å². The lowest BCUT2D eigenvalue weighted by Gasteiger charge is -2.08. The number of benzene rings is 2. The van der Waals surface area contributed by atoms with E-state index >= 15 is 0 Å². The highest BCUT2D eigenvalue weighted by Crippen LogP contribution is 2.40. The van der Waals surface area contributed by atoms with Gasteiger partial charge in [-0.05, 0) is 12.1 Å². The zero-order valence-corrected chi connectivity index (χ0v) is 10.4. The molecule has 0 saturated carbocycles. The van der Waals surface area contributed by atoms with E-state index in [4.69, 9.17) is 0 Å². The van der Waals surface area contributed by atoms with Crippen molar-refractivity contribution in [2.75, 3.05) is 0 Å². The molecule has 3 rings (SSSR count). The van der Waals surface area contributed by atoms with Gasteiger partial charge in [0.2, 0.25) is 0 Å². The number of hydrogen-bond acceptors (Lipinski definition) is 1. The largest absolute Gasteiger partial charge is 0.345 e. The van der Waals surface area contributed by atoms with Gasteiger partial charge in [0.05, 0.1) is 0 Å². The molecule has 0 fully saturated rings. The Bertz CT molecular complexity index is 719. The van der Waals surface area contributed by atoms with E-state index in [-0.39, 0.29) is 6.29 Å². The molecule has 3 aromatic rings. The van der Waals surface area contributed by atoms with E-state index in [1.807, 2.05) is 48.5 Å². The first-order chi connectivity index (χ1) is 8.56. The standard InChI is InChI=1S/C13H12NO3P/c15-18(16,17)9-14-12-7-3-1-5-10(12)11-6-2-4-8-13(11)14/h1-8H,9H2,(H2,15,16,17). The molecule has 4 nitrogen and oxygen atoms in total. The van der Waals surface area contributed by atoms with E-state index in [1.165, 1.54) is 0 Å². The molecule has 0 aliphatic carbocycles. The van der Waals surface area contributed by atoms with Crippen molar-refractivity contribution < 1.29 is 14.4 Å². The molecule has 0 saturated heterocycles. The molecule has 0 radical (unpaired) electrons. The molecule has 18 heavy (non-hydrogen) atoms. The quantitative estimate of drug-likeness (QED) is 0.697. The van der Waals surface area contributed by atoms with Gasteiger partial charge >= 0.3 is 7.60 Å². The zero-order valence-electron chi connectivity index (χ0n) is 9.52. The van der Waals surface area contributed by atoms with Crippen LogP contribution in [-0.2, 0) is 10.9 Å². The van der Waals surface area contributed by atoms with Crippen LogP contribution in [0.2, 0.25) is 0 Å². The first kappa shape index (κ1) is 11.5. The highest BCUT2D eigenvalue weighted by molar-refractivity contribution is 7.50. The second-order valence-electron chi connectivity index (χ2n) is 4.27. The maximum Gasteiger partial charge on any atom is 0.345 e. The number of aromatic nitrogens is 1. The molecule has 0 bridgehead atoms. The van der Waals surface area contributed by atoms with Crippen LogP contribution in [0, 0.1) is 0 Å². The van der Waals surface area contributed by atoms with Crippen LogP contribution in [0.25, 0.3) is 21.8 Å². The lowest BCUT2D eigenvalue weighted by Crippen LogP contribution is -1.97. The van der Waals surface area contributed by atoms with E-state index < -0.39 is 7.60 Å². The van der Waals surface area contributed by atoms with Crippen molar-refractivity contribution in [2.24, 2.45) is 0 Å². The summed E-state index contributed by atoms with van der Waals surface area (Å²) in [5.74, 6) is 0. The fraction of sp³-hybridized carbons (Fsp3) is 0.0769. The number of rotatable bonds is 2. The molecule has 0 spiro atoms. The van der Waals surface area contributed by atoms with E-state index in [9.17, 15) is 14.4 Å².